The number of furan rings is 1. The number of carbonyl (C=O) groups is 1. The number of aryl methyl sites for hydroxylation is 2. The van der Waals surface area contributed by atoms with Gasteiger partial charge in [-0.05, 0) is 51.5 Å². The zero-order valence-corrected chi connectivity index (χ0v) is 11.9. The van der Waals surface area contributed by atoms with E-state index in [9.17, 15) is 4.79 Å². The van der Waals surface area contributed by atoms with Crippen molar-refractivity contribution in [1.29, 1.82) is 0 Å². The van der Waals surface area contributed by atoms with Crippen molar-refractivity contribution < 1.29 is 9.21 Å². The third-order valence-electron chi connectivity index (χ3n) is 4.49. The molecule has 3 heteroatoms. The van der Waals surface area contributed by atoms with Gasteiger partial charge >= 0.3 is 0 Å². The van der Waals surface area contributed by atoms with Crippen molar-refractivity contribution >= 4 is 5.91 Å². The Kier molecular flexibility index (Phi) is 3.00. The van der Waals surface area contributed by atoms with Gasteiger partial charge in [-0.1, -0.05) is 11.6 Å². The molecule has 1 fully saturated rings. The monoisotopic (exact) mass is 259 g/mol. The van der Waals surface area contributed by atoms with Gasteiger partial charge < -0.3 is 9.32 Å². The van der Waals surface area contributed by atoms with Crippen LogP contribution < -0.4 is 0 Å². The first kappa shape index (κ1) is 12.5. The highest BCUT2D eigenvalue weighted by molar-refractivity contribution is 5.95. The number of hydrogen-bond acceptors (Lipinski definition) is 2. The van der Waals surface area contributed by atoms with Crippen molar-refractivity contribution in [2.24, 2.45) is 11.8 Å². The minimum absolute atomic E-state index is 0.140. The van der Waals surface area contributed by atoms with E-state index in [4.69, 9.17) is 4.42 Å². The Balaban J connectivity index is 1.75. The summed E-state index contributed by atoms with van der Waals surface area (Å²) in [5, 5.41) is 0. The van der Waals surface area contributed by atoms with Crippen molar-refractivity contribution in [1.82, 2.24) is 4.90 Å². The summed E-state index contributed by atoms with van der Waals surface area (Å²) in [4.78, 5) is 14.6. The van der Waals surface area contributed by atoms with Crippen LogP contribution in [0.1, 0.15) is 41.6 Å². The molecule has 2 unspecified atom stereocenters. The maximum Gasteiger partial charge on any atom is 0.257 e. The van der Waals surface area contributed by atoms with Crippen LogP contribution in [0.4, 0.5) is 0 Å². The smallest absolute Gasteiger partial charge is 0.257 e. The van der Waals surface area contributed by atoms with E-state index in [0.29, 0.717) is 11.8 Å². The van der Waals surface area contributed by atoms with E-state index in [1.54, 1.807) is 0 Å². The molecule has 1 saturated heterocycles. The summed E-state index contributed by atoms with van der Waals surface area (Å²) in [5.74, 6) is 3.01. The highest BCUT2D eigenvalue weighted by Gasteiger charge is 2.37. The summed E-state index contributed by atoms with van der Waals surface area (Å²) >= 11 is 0. The first-order valence-corrected chi connectivity index (χ1v) is 7.06. The second-order valence-electron chi connectivity index (χ2n) is 6.05. The number of rotatable bonds is 1. The number of nitrogens with zero attached hydrogens (tertiary/aromatic N) is 1. The molecule has 1 amide bonds. The van der Waals surface area contributed by atoms with Crippen LogP contribution in [0.15, 0.2) is 22.1 Å². The summed E-state index contributed by atoms with van der Waals surface area (Å²) in [6.07, 6.45) is 4.61. The number of allylic oxidation sites excluding steroid dienone is 2. The summed E-state index contributed by atoms with van der Waals surface area (Å²) in [6, 6.07) is 1.86. The molecule has 1 aromatic heterocycles. The van der Waals surface area contributed by atoms with Crippen LogP contribution in [-0.4, -0.2) is 23.9 Å². The molecular formula is C16H21NO2. The highest BCUT2D eigenvalue weighted by atomic mass is 16.3. The molecule has 3 nitrogen and oxygen atoms in total. The minimum Gasteiger partial charge on any atom is -0.466 e. The fourth-order valence-corrected chi connectivity index (χ4v) is 3.47. The van der Waals surface area contributed by atoms with Gasteiger partial charge in [-0.2, -0.15) is 0 Å². The molecule has 2 aliphatic rings. The lowest BCUT2D eigenvalue weighted by Gasteiger charge is -2.21. The second kappa shape index (κ2) is 4.55. The zero-order valence-electron chi connectivity index (χ0n) is 11.9. The third kappa shape index (κ3) is 2.22. The van der Waals surface area contributed by atoms with E-state index in [0.717, 1.165) is 43.0 Å². The molecule has 0 aromatic carbocycles. The Labute approximate surface area is 114 Å². The molecule has 102 valence electrons. The maximum atomic E-state index is 12.6. The van der Waals surface area contributed by atoms with E-state index in [1.165, 1.54) is 5.57 Å². The molecule has 3 rings (SSSR count). The topological polar surface area (TPSA) is 33.5 Å². The number of carbonyl (C=O) groups excluding carboxylic acids is 1. The van der Waals surface area contributed by atoms with Crippen LogP contribution in [0.3, 0.4) is 0 Å². The Morgan fingerprint density at radius 3 is 2.68 bits per heavy atom. The molecular weight excluding hydrogens is 238 g/mol. The van der Waals surface area contributed by atoms with Crippen LogP contribution in [0.25, 0.3) is 0 Å². The van der Waals surface area contributed by atoms with Gasteiger partial charge in [0, 0.05) is 13.1 Å². The van der Waals surface area contributed by atoms with Gasteiger partial charge in [-0.15, -0.1) is 0 Å². The molecule has 0 bridgehead atoms. The first-order chi connectivity index (χ1) is 9.04. The van der Waals surface area contributed by atoms with Crippen molar-refractivity contribution in [3.05, 3.63) is 34.8 Å². The molecule has 1 aliphatic carbocycles. The standard InChI is InChI=1S/C16H21NO2/c1-10-4-5-13-8-17(9-14(13)6-10)16(18)15-7-11(2)19-12(15)3/h4,7,13-14H,5-6,8-9H2,1-3H3. The Bertz CT molecular complexity index is 541. The summed E-state index contributed by atoms with van der Waals surface area (Å²) in [7, 11) is 0. The second-order valence-corrected chi connectivity index (χ2v) is 6.05. The van der Waals surface area contributed by atoms with Crippen LogP contribution >= 0.6 is 0 Å². The molecule has 1 aromatic rings. The van der Waals surface area contributed by atoms with Gasteiger partial charge in [0.05, 0.1) is 5.56 Å². The average molecular weight is 259 g/mol. The molecule has 0 saturated carbocycles. The van der Waals surface area contributed by atoms with Crippen molar-refractivity contribution in [2.75, 3.05) is 13.1 Å². The first-order valence-electron chi connectivity index (χ1n) is 7.06. The molecule has 0 radical (unpaired) electrons. The Hall–Kier alpha value is -1.51. The molecule has 0 spiro atoms. The molecule has 0 N–H and O–H groups in total. The number of hydrogen-bond donors (Lipinski definition) is 0. The summed E-state index contributed by atoms with van der Waals surface area (Å²) < 4.78 is 5.47. The SMILES string of the molecule is CC1=CCC2CN(C(=O)c3cc(C)oc3C)CC2C1. The molecule has 2 heterocycles. The maximum absolute atomic E-state index is 12.6. The van der Waals surface area contributed by atoms with Gasteiger partial charge in [-0.3, -0.25) is 4.79 Å². The van der Waals surface area contributed by atoms with E-state index in [-0.39, 0.29) is 5.91 Å². The fourth-order valence-electron chi connectivity index (χ4n) is 3.47. The van der Waals surface area contributed by atoms with Crippen LogP contribution in [0, 0.1) is 25.7 Å². The largest absolute Gasteiger partial charge is 0.466 e. The number of likely N-dealkylation sites (tertiary alicyclic amines) is 1. The summed E-state index contributed by atoms with van der Waals surface area (Å²) in [5.41, 5.74) is 2.21. The van der Waals surface area contributed by atoms with Crippen LogP contribution in [0.5, 0.6) is 0 Å². The van der Waals surface area contributed by atoms with E-state index < -0.39 is 0 Å². The van der Waals surface area contributed by atoms with E-state index >= 15 is 0 Å². The van der Waals surface area contributed by atoms with Crippen LogP contribution in [0.2, 0.25) is 0 Å². The van der Waals surface area contributed by atoms with Gasteiger partial charge in [-0.25, -0.2) is 0 Å². The Morgan fingerprint density at radius 1 is 1.26 bits per heavy atom. The van der Waals surface area contributed by atoms with Gasteiger partial charge in [0.15, 0.2) is 0 Å². The van der Waals surface area contributed by atoms with Crippen molar-refractivity contribution in [3.63, 3.8) is 0 Å². The zero-order chi connectivity index (χ0) is 13.6. The Morgan fingerprint density at radius 2 is 2.00 bits per heavy atom. The predicted molar refractivity (Wildman–Crippen MR) is 74.1 cm³/mol. The third-order valence-corrected chi connectivity index (χ3v) is 4.49. The predicted octanol–water partition coefficient (Wildman–Crippen LogP) is 3.32. The minimum atomic E-state index is 0.140. The lowest BCUT2D eigenvalue weighted by molar-refractivity contribution is 0.0782. The van der Waals surface area contributed by atoms with Crippen LogP contribution in [-0.2, 0) is 0 Å². The lowest BCUT2D eigenvalue weighted by atomic mass is 9.83. The fraction of sp³-hybridized carbons (Fsp3) is 0.562. The van der Waals surface area contributed by atoms with Crippen molar-refractivity contribution in [3.8, 4) is 0 Å². The molecule has 19 heavy (non-hydrogen) atoms. The molecule has 1 aliphatic heterocycles. The lowest BCUT2D eigenvalue weighted by Crippen LogP contribution is -2.29. The normalized spacial score (nSPS) is 26.3. The highest BCUT2D eigenvalue weighted by Crippen LogP contribution is 2.36. The van der Waals surface area contributed by atoms with Gasteiger partial charge in [0.1, 0.15) is 11.5 Å². The van der Waals surface area contributed by atoms with E-state index in [1.807, 2.05) is 24.8 Å². The molecule has 2 atom stereocenters. The number of fused-ring (bicyclic) bond motifs is 1. The average Bonchev–Trinajstić information content (AvgIpc) is 2.91. The number of amides is 1. The van der Waals surface area contributed by atoms with Crippen molar-refractivity contribution in [2.45, 2.75) is 33.6 Å². The van der Waals surface area contributed by atoms with Gasteiger partial charge in [0.2, 0.25) is 0 Å². The van der Waals surface area contributed by atoms with E-state index in [2.05, 4.69) is 13.0 Å². The van der Waals surface area contributed by atoms with Gasteiger partial charge in [0.25, 0.3) is 5.91 Å². The quantitative estimate of drug-likeness (QED) is 0.725. The summed E-state index contributed by atoms with van der Waals surface area (Å²) in [6.45, 7) is 7.76.